The summed E-state index contributed by atoms with van der Waals surface area (Å²) in [5.74, 6) is -0.176. The molecule has 0 radical (unpaired) electrons. The standard InChI is InChI=1S/C25H28N4O2/c30-24(26-13-12-20-18-28-22-11-5-4-10-21(20)22)17-23-25(31)27-14-16-29(23)15-6-9-19-7-2-1-3-8-19/h1-11,18,23,28H,12-17H2,(H,26,30)(H,27,31)/b9-6+/t23-/m1/s1. The van der Waals surface area contributed by atoms with Gasteiger partial charge in [-0.05, 0) is 23.6 Å². The molecule has 1 aromatic heterocycles. The van der Waals surface area contributed by atoms with E-state index in [0.717, 1.165) is 24.0 Å². The van der Waals surface area contributed by atoms with E-state index in [-0.39, 0.29) is 18.2 Å². The minimum Gasteiger partial charge on any atom is -0.361 e. The number of amides is 2. The van der Waals surface area contributed by atoms with Crippen LogP contribution in [0, 0.1) is 0 Å². The van der Waals surface area contributed by atoms with Gasteiger partial charge in [0.15, 0.2) is 0 Å². The summed E-state index contributed by atoms with van der Waals surface area (Å²) in [6.45, 7) is 2.52. The van der Waals surface area contributed by atoms with Crippen LogP contribution in [0.1, 0.15) is 17.5 Å². The van der Waals surface area contributed by atoms with Gasteiger partial charge >= 0.3 is 0 Å². The van der Waals surface area contributed by atoms with Gasteiger partial charge in [0.1, 0.15) is 0 Å². The lowest BCUT2D eigenvalue weighted by Gasteiger charge is -2.33. The summed E-state index contributed by atoms with van der Waals surface area (Å²) in [5.41, 5.74) is 3.40. The Balaban J connectivity index is 1.29. The summed E-state index contributed by atoms with van der Waals surface area (Å²) in [6, 6.07) is 17.8. The number of fused-ring (bicyclic) bond motifs is 1. The molecule has 0 spiro atoms. The molecule has 0 aliphatic carbocycles. The Morgan fingerprint density at radius 3 is 2.81 bits per heavy atom. The van der Waals surface area contributed by atoms with Crippen LogP contribution in [0.5, 0.6) is 0 Å². The van der Waals surface area contributed by atoms with Crippen LogP contribution in [-0.4, -0.2) is 53.9 Å². The number of aromatic amines is 1. The van der Waals surface area contributed by atoms with Crippen molar-refractivity contribution in [2.45, 2.75) is 18.9 Å². The van der Waals surface area contributed by atoms with Crippen LogP contribution in [0.15, 0.2) is 66.9 Å². The Bertz CT molecular complexity index is 1060. The van der Waals surface area contributed by atoms with Crippen LogP contribution in [0.25, 0.3) is 17.0 Å². The molecule has 3 N–H and O–H groups in total. The van der Waals surface area contributed by atoms with Crippen LogP contribution in [0.4, 0.5) is 0 Å². The molecule has 2 heterocycles. The molecule has 4 rings (SSSR count). The van der Waals surface area contributed by atoms with Crippen LogP contribution in [0.3, 0.4) is 0 Å². The molecule has 1 fully saturated rings. The zero-order valence-electron chi connectivity index (χ0n) is 17.5. The summed E-state index contributed by atoms with van der Waals surface area (Å²) in [7, 11) is 0. The van der Waals surface area contributed by atoms with E-state index in [0.29, 0.717) is 19.6 Å². The highest BCUT2D eigenvalue weighted by atomic mass is 16.2. The second-order valence-corrected chi connectivity index (χ2v) is 7.78. The molecule has 2 aromatic carbocycles. The van der Waals surface area contributed by atoms with Crippen molar-refractivity contribution in [1.29, 1.82) is 0 Å². The van der Waals surface area contributed by atoms with Gasteiger partial charge in [0, 0.05) is 43.3 Å². The van der Waals surface area contributed by atoms with Crippen molar-refractivity contribution < 1.29 is 9.59 Å². The molecule has 2 amide bonds. The number of aromatic nitrogens is 1. The van der Waals surface area contributed by atoms with Crippen molar-refractivity contribution in [1.82, 2.24) is 20.5 Å². The van der Waals surface area contributed by atoms with E-state index in [2.05, 4.69) is 32.7 Å². The molecular formula is C25H28N4O2. The molecule has 1 aliphatic rings. The van der Waals surface area contributed by atoms with Gasteiger partial charge in [0.2, 0.25) is 11.8 Å². The molecule has 6 nitrogen and oxygen atoms in total. The molecular weight excluding hydrogens is 388 g/mol. The largest absolute Gasteiger partial charge is 0.361 e. The zero-order chi connectivity index (χ0) is 21.5. The van der Waals surface area contributed by atoms with Gasteiger partial charge < -0.3 is 15.6 Å². The molecule has 31 heavy (non-hydrogen) atoms. The smallest absolute Gasteiger partial charge is 0.237 e. The molecule has 6 heteroatoms. The summed E-state index contributed by atoms with van der Waals surface area (Å²) >= 11 is 0. The molecule has 3 aromatic rings. The number of nitrogens with one attached hydrogen (secondary N) is 3. The van der Waals surface area contributed by atoms with E-state index < -0.39 is 6.04 Å². The number of carbonyl (C=O) groups excluding carboxylic acids is 2. The number of hydrogen-bond donors (Lipinski definition) is 3. The lowest BCUT2D eigenvalue weighted by atomic mass is 10.1. The molecule has 0 saturated carbocycles. The van der Waals surface area contributed by atoms with E-state index in [1.54, 1.807) is 0 Å². The Morgan fingerprint density at radius 1 is 1.13 bits per heavy atom. The van der Waals surface area contributed by atoms with Gasteiger partial charge in [-0.25, -0.2) is 0 Å². The molecule has 160 valence electrons. The molecule has 1 aliphatic heterocycles. The monoisotopic (exact) mass is 416 g/mol. The number of benzene rings is 2. The highest BCUT2D eigenvalue weighted by Gasteiger charge is 2.30. The third kappa shape index (κ3) is 5.41. The topological polar surface area (TPSA) is 77.2 Å². The fraction of sp³-hybridized carbons (Fsp3) is 0.280. The second-order valence-electron chi connectivity index (χ2n) is 7.78. The summed E-state index contributed by atoms with van der Waals surface area (Å²) in [4.78, 5) is 30.3. The maximum Gasteiger partial charge on any atom is 0.237 e. The van der Waals surface area contributed by atoms with Crippen molar-refractivity contribution in [3.05, 3.63) is 78.0 Å². The molecule has 1 saturated heterocycles. The van der Waals surface area contributed by atoms with Gasteiger partial charge in [-0.15, -0.1) is 0 Å². The second kappa shape index (κ2) is 10.1. The third-order valence-corrected chi connectivity index (χ3v) is 5.66. The fourth-order valence-electron chi connectivity index (χ4n) is 4.01. The Kier molecular flexibility index (Phi) is 6.79. The maximum atomic E-state index is 12.5. The van der Waals surface area contributed by atoms with Gasteiger partial charge in [-0.1, -0.05) is 60.7 Å². The summed E-state index contributed by atoms with van der Waals surface area (Å²) in [6.07, 6.45) is 7.00. The van der Waals surface area contributed by atoms with E-state index in [4.69, 9.17) is 0 Å². The first-order valence-corrected chi connectivity index (χ1v) is 10.8. The molecule has 1 atom stereocenters. The van der Waals surface area contributed by atoms with E-state index >= 15 is 0 Å². The van der Waals surface area contributed by atoms with Gasteiger partial charge in [0.05, 0.1) is 12.5 Å². The lowest BCUT2D eigenvalue weighted by Crippen LogP contribution is -2.56. The van der Waals surface area contributed by atoms with Crippen LogP contribution in [-0.2, 0) is 16.0 Å². The Labute approximate surface area is 182 Å². The van der Waals surface area contributed by atoms with Crippen molar-refractivity contribution in [3.8, 4) is 0 Å². The number of carbonyl (C=O) groups is 2. The predicted octanol–water partition coefficient (Wildman–Crippen LogP) is 2.73. The number of H-pyrrole nitrogens is 1. The van der Waals surface area contributed by atoms with E-state index in [1.807, 2.05) is 60.8 Å². The average molecular weight is 417 g/mol. The van der Waals surface area contributed by atoms with Gasteiger partial charge in [-0.2, -0.15) is 0 Å². The maximum absolute atomic E-state index is 12.5. The first-order chi connectivity index (χ1) is 15.2. The Morgan fingerprint density at radius 2 is 1.94 bits per heavy atom. The summed E-state index contributed by atoms with van der Waals surface area (Å²) in [5, 5.41) is 7.04. The van der Waals surface area contributed by atoms with Crippen molar-refractivity contribution in [2.75, 3.05) is 26.2 Å². The lowest BCUT2D eigenvalue weighted by molar-refractivity contribution is -0.133. The van der Waals surface area contributed by atoms with Crippen molar-refractivity contribution >= 4 is 28.8 Å². The highest BCUT2D eigenvalue weighted by molar-refractivity contribution is 5.89. The molecule has 0 unspecified atom stereocenters. The normalized spacial score (nSPS) is 17.2. The third-order valence-electron chi connectivity index (χ3n) is 5.66. The number of nitrogens with zero attached hydrogens (tertiary/aromatic N) is 1. The van der Waals surface area contributed by atoms with Gasteiger partial charge in [0.25, 0.3) is 0 Å². The van der Waals surface area contributed by atoms with Crippen LogP contribution >= 0.6 is 0 Å². The Hall–Kier alpha value is -3.38. The number of para-hydroxylation sites is 1. The average Bonchev–Trinajstić information content (AvgIpc) is 3.20. The SMILES string of the molecule is O=C(C[C@@H]1C(=O)NCCN1C/C=C/c1ccccc1)NCCc1c[nH]c2ccccc12. The van der Waals surface area contributed by atoms with E-state index in [1.165, 1.54) is 10.9 Å². The van der Waals surface area contributed by atoms with E-state index in [9.17, 15) is 9.59 Å². The number of hydrogen-bond acceptors (Lipinski definition) is 3. The van der Waals surface area contributed by atoms with Crippen LogP contribution in [0.2, 0.25) is 0 Å². The minimum atomic E-state index is -0.442. The first kappa shape index (κ1) is 20.9. The molecule has 0 bridgehead atoms. The quantitative estimate of drug-likeness (QED) is 0.528. The zero-order valence-corrected chi connectivity index (χ0v) is 17.5. The predicted molar refractivity (Wildman–Crippen MR) is 123 cm³/mol. The van der Waals surface area contributed by atoms with Gasteiger partial charge in [-0.3, -0.25) is 14.5 Å². The highest BCUT2D eigenvalue weighted by Crippen LogP contribution is 2.17. The fourth-order valence-corrected chi connectivity index (χ4v) is 4.01. The first-order valence-electron chi connectivity index (χ1n) is 10.8. The minimum absolute atomic E-state index is 0.0776. The summed E-state index contributed by atoms with van der Waals surface area (Å²) < 4.78 is 0. The van der Waals surface area contributed by atoms with Crippen molar-refractivity contribution in [2.24, 2.45) is 0 Å². The number of piperazine rings is 1. The number of rotatable bonds is 8. The van der Waals surface area contributed by atoms with Crippen molar-refractivity contribution in [3.63, 3.8) is 0 Å². The van der Waals surface area contributed by atoms with Crippen LogP contribution < -0.4 is 10.6 Å².